The highest BCUT2D eigenvalue weighted by atomic mass is 16.6. The van der Waals surface area contributed by atoms with Gasteiger partial charge in [0.15, 0.2) is 0 Å². The Morgan fingerprint density at radius 2 is 1.34 bits per heavy atom. The number of aromatic nitrogens is 8. The van der Waals surface area contributed by atoms with Crippen LogP contribution in [0.15, 0.2) is 48.6 Å². The lowest BCUT2D eigenvalue weighted by atomic mass is 9.95. The molecule has 0 spiro atoms. The summed E-state index contributed by atoms with van der Waals surface area (Å²) in [6.45, 7) is 15.1. The van der Waals surface area contributed by atoms with Gasteiger partial charge in [0.25, 0.3) is 11.8 Å². The number of methoxy groups -OCH3 is 2. The van der Waals surface area contributed by atoms with E-state index in [-0.39, 0.29) is 60.5 Å². The van der Waals surface area contributed by atoms with Crippen molar-refractivity contribution >= 4 is 63.7 Å². The normalized spacial score (nSPS) is 13.8. The lowest BCUT2D eigenvalue weighted by molar-refractivity contribution is 0.0168. The number of nitrogens with one attached hydrogen (secondary N) is 2. The van der Waals surface area contributed by atoms with Crippen molar-refractivity contribution in [3.05, 3.63) is 82.5 Å². The number of amides is 4. The summed E-state index contributed by atoms with van der Waals surface area (Å²) in [6, 6.07) is 9.50. The van der Waals surface area contributed by atoms with E-state index in [0.717, 1.165) is 12.8 Å². The number of nitrogens with zero attached hydrogens (tertiary/aromatic N) is 9. The number of benzene rings is 2. The van der Waals surface area contributed by atoms with E-state index < -0.39 is 29.3 Å². The molecule has 374 valence electrons. The Bertz CT molecular complexity index is 3100. The molecule has 7 rings (SSSR count). The summed E-state index contributed by atoms with van der Waals surface area (Å²) in [4.78, 5) is 77.1. The fourth-order valence-electron chi connectivity index (χ4n) is 8.39. The molecule has 1 atom stereocenters. The molecule has 1 fully saturated rings. The van der Waals surface area contributed by atoms with Crippen molar-refractivity contribution in [1.82, 2.24) is 43.6 Å². The van der Waals surface area contributed by atoms with Gasteiger partial charge in [-0.25, -0.2) is 19.6 Å². The van der Waals surface area contributed by atoms with Crippen LogP contribution in [0.25, 0.3) is 22.1 Å². The molecular formula is C50H60N12O9. The van der Waals surface area contributed by atoms with Crippen molar-refractivity contribution in [3.8, 4) is 23.3 Å². The highest BCUT2D eigenvalue weighted by Crippen LogP contribution is 2.33. The third-order valence-electron chi connectivity index (χ3n) is 11.6. The minimum Gasteiger partial charge on any atom is -0.494 e. The lowest BCUT2D eigenvalue weighted by Crippen LogP contribution is -2.42. The monoisotopic (exact) mass is 972 g/mol. The van der Waals surface area contributed by atoms with E-state index in [2.05, 4.69) is 32.7 Å². The van der Waals surface area contributed by atoms with Crippen molar-refractivity contribution in [2.75, 3.05) is 44.5 Å². The fraction of sp³-hybridized carbons (Fsp3) is 0.420. The van der Waals surface area contributed by atoms with Crippen LogP contribution in [0.2, 0.25) is 0 Å². The average Bonchev–Trinajstić information content (AvgIpc) is 4.11. The zero-order chi connectivity index (χ0) is 51.1. The van der Waals surface area contributed by atoms with Gasteiger partial charge in [0.1, 0.15) is 46.1 Å². The van der Waals surface area contributed by atoms with Crippen LogP contribution in [-0.2, 0) is 35.7 Å². The van der Waals surface area contributed by atoms with Crippen LogP contribution in [0.3, 0.4) is 0 Å². The number of hydrogen-bond donors (Lipinski definition) is 3. The van der Waals surface area contributed by atoms with Crippen molar-refractivity contribution in [2.45, 2.75) is 99.5 Å². The number of fused-ring (bicyclic) bond motifs is 2. The van der Waals surface area contributed by atoms with Gasteiger partial charge in [-0.1, -0.05) is 24.0 Å². The largest absolute Gasteiger partial charge is 0.494 e. The summed E-state index contributed by atoms with van der Waals surface area (Å²) < 4.78 is 29.3. The molecule has 21 heteroatoms. The Hall–Kier alpha value is -8.15. The van der Waals surface area contributed by atoms with Crippen LogP contribution in [0.4, 0.5) is 16.7 Å². The predicted molar refractivity (Wildman–Crippen MR) is 265 cm³/mol. The van der Waals surface area contributed by atoms with Gasteiger partial charge < -0.3 is 38.7 Å². The van der Waals surface area contributed by atoms with Gasteiger partial charge in [0.05, 0.1) is 42.2 Å². The van der Waals surface area contributed by atoms with Gasteiger partial charge in [-0.05, 0) is 104 Å². The molecule has 1 aliphatic rings. The first-order chi connectivity index (χ1) is 33.9. The van der Waals surface area contributed by atoms with Gasteiger partial charge in [0, 0.05) is 51.3 Å². The first-order valence-electron chi connectivity index (χ1n) is 23.3. The van der Waals surface area contributed by atoms with E-state index in [1.54, 1.807) is 55.4 Å². The Balaban J connectivity index is 1.22. The third kappa shape index (κ3) is 11.7. The summed E-state index contributed by atoms with van der Waals surface area (Å²) in [6.07, 6.45) is 5.61. The number of hydrogen-bond acceptors (Lipinski definition) is 13. The average molecular weight is 973 g/mol. The molecule has 0 radical (unpaired) electrons. The second-order valence-corrected chi connectivity index (χ2v) is 18.0. The van der Waals surface area contributed by atoms with Gasteiger partial charge in [-0.2, -0.15) is 10.2 Å². The molecule has 4 aromatic heterocycles. The highest BCUT2D eigenvalue weighted by Gasteiger charge is 2.28. The number of carbonyl (C=O) groups excluding carboxylic acids is 5. The van der Waals surface area contributed by atoms with E-state index >= 15 is 0 Å². The molecular weight excluding hydrogens is 913 g/mol. The summed E-state index contributed by atoms with van der Waals surface area (Å²) in [7, 11) is 2.74. The van der Waals surface area contributed by atoms with Crippen LogP contribution < -0.4 is 25.8 Å². The number of allylic oxidation sites excluding steroid dienone is 2. The molecule has 4 N–H and O–H groups in total. The molecule has 21 nitrogen and oxygen atoms in total. The predicted octanol–water partition coefficient (Wildman–Crippen LogP) is 6.51. The number of ether oxygens (including phenoxy) is 4. The Morgan fingerprint density at radius 3 is 1.86 bits per heavy atom. The maximum atomic E-state index is 13.9. The van der Waals surface area contributed by atoms with Gasteiger partial charge in [-0.15, -0.1) is 0 Å². The summed E-state index contributed by atoms with van der Waals surface area (Å²) >= 11 is 0. The maximum absolute atomic E-state index is 13.9. The molecule has 4 amide bonds. The molecule has 5 heterocycles. The molecule has 0 bridgehead atoms. The molecule has 71 heavy (non-hydrogen) atoms. The van der Waals surface area contributed by atoms with Gasteiger partial charge in [0.2, 0.25) is 17.8 Å². The molecule has 0 saturated carbocycles. The summed E-state index contributed by atoms with van der Waals surface area (Å²) in [5, 5.41) is 14.7. The molecule has 1 saturated heterocycles. The standard InChI is InChI=1S/C50H60N12O9/c1-10-61-37(23-30(3)56-61)44(64)54-47-53-36-26-34(46(66)69-9)28-39(68-8)41(36)59(47)20-13-14-21-60-42-35(52-48(60)55-45(65)38-24-31(4)57-62(38)11-2)25-33(43(51)63)27-40(42)70-22-15-12-17-32-18-16-19-58(29-32)49(67)71-50(5,6)7/h13-14,23-28,32H,10-11,16-22,29H2,1-9H3,(H2,51,63)(H,52,55,65)(H,53,54,64)/b14-13+. The zero-order valence-corrected chi connectivity index (χ0v) is 41.5. The minimum atomic E-state index is -0.712. The number of rotatable bonds is 16. The molecule has 1 unspecified atom stereocenters. The molecule has 2 aromatic carbocycles. The maximum Gasteiger partial charge on any atom is 0.410 e. The van der Waals surface area contributed by atoms with Crippen molar-refractivity contribution in [3.63, 3.8) is 0 Å². The summed E-state index contributed by atoms with van der Waals surface area (Å²) in [5.41, 5.74) is 9.13. The Labute approximate surface area is 410 Å². The number of esters is 1. The smallest absolute Gasteiger partial charge is 0.410 e. The third-order valence-corrected chi connectivity index (χ3v) is 11.6. The van der Waals surface area contributed by atoms with Gasteiger partial charge in [-0.3, -0.25) is 34.4 Å². The molecule has 6 aromatic rings. The van der Waals surface area contributed by atoms with Crippen LogP contribution in [0.1, 0.15) is 107 Å². The van der Waals surface area contributed by atoms with Crippen molar-refractivity contribution in [2.24, 2.45) is 11.7 Å². The number of aryl methyl sites for hydroxylation is 4. The second kappa shape index (κ2) is 21.6. The van der Waals surface area contributed by atoms with E-state index in [9.17, 15) is 24.0 Å². The van der Waals surface area contributed by atoms with E-state index in [0.29, 0.717) is 83.2 Å². The van der Waals surface area contributed by atoms with E-state index in [1.165, 1.54) is 32.4 Å². The number of imidazole rings is 2. The SMILES string of the molecule is CCn1nc(C)cc1C(=O)Nc1nc2cc(C(=O)OC)cc(OC)c2n1C/C=C/Cn1c(NC(=O)c2cc(C)nn2CC)nc2cc(C(N)=O)cc(OCC#CCC3CCCN(C(=O)OC(C)(C)C)C3)c21. The van der Waals surface area contributed by atoms with E-state index in [4.69, 9.17) is 34.6 Å². The number of piperidine rings is 1. The lowest BCUT2D eigenvalue weighted by Gasteiger charge is -2.33. The fourth-order valence-corrected chi connectivity index (χ4v) is 8.39. The summed E-state index contributed by atoms with van der Waals surface area (Å²) in [5.74, 6) is 5.08. The number of carbonyl (C=O) groups is 5. The van der Waals surface area contributed by atoms with E-state index in [1.807, 2.05) is 46.8 Å². The van der Waals surface area contributed by atoms with Crippen LogP contribution in [0, 0.1) is 31.6 Å². The Kier molecular flexibility index (Phi) is 15.5. The Morgan fingerprint density at radius 1 is 0.789 bits per heavy atom. The van der Waals surface area contributed by atoms with Crippen LogP contribution in [-0.4, -0.2) is 113 Å². The van der Waals surface area contributed by atoms with Crippen LogP contribution >= 0.6 is 0 Å². The molecule has 0 aliphatic carbocycles. The molecule has 1 aliphatic heterocycles. The topological polar surface area (TPSA) is 247 Å². The minimum absolute atomic E-state index is 0.0577. The number of anilines is 2. The quantitative estimate of drug-likeness (QED) is 0.0533. The highest BCUT2D eigenvalue weighted by molar-refractivity contribution is 6.05. The van der Waals surface area contributed by atoms with Crippen LogP contribution in [0.5, 0.6) is 11.5 Å². The first-order valence-corrected chi connectivity index (χ1v) is 23.3. The first kappa shape index (κ1) is 50.7. The van der Waals surface area contributed by atoms with Gasteiger partial charge >= 0.3 is 12.1 Å². The number of likely N-dealkylation sites (tertiary alicyclic amines) is 1. The van der Waals surface area contributed by atoms with Crippen molar-refractivity contribution < 1.29 is 42.9 Å². The van der Waals surface area contributed by atoms with Crippen molar-refractivity contribution in [1.29, 1.82) is 0 Å². The second-order valence-electron chi connectivity index (χ2n) is 18.0. The zero-order valence-electron chi connectivity index (χ0n) is 41.5. The number of primary amides is 1. The number of nitrogens with two attached hydrogens (primary N) is 1.